The molecule has 16 heavy (non-hydrogen) atoms. The highest BCUT2D eigenvalue weighted by molar-refractivity contribution is 7.99. The lowest BCUT2D eigenvalue weighted by atomic mass is 9.82. The van der Waals surface area contributed by atoms with E-state index in [2.05, 4.69) is 0 Å². The van der Waals surface area contributed by atoms with Crippen molar-refractivity contribution in [2.45, 2.75) is 37.7 Å². The first kappa shape index (κ1) is 12.7. The number of hydrogen-bond acceptors (Lipinski definition) is 3. The number of carbonyl (C=O) groups excluding carboxylic acids is 1. The summed E-state index contributed by atoms with van der Waals surface area (Å²) in [5.41, 5.74) is 0.0320. The van der Waals surface area contributed by atoms with Crippen molar-refractivity contribution in [3.63, 3.8) is 0 Å². The van der Waals surface area contributed by atoms with E-state index in [1.807, 2.05) is 11.8 Å². The number of halogens is 1. The quantitative estimate of drug-likeness (QED) is 0.729. The minimum atomic E-state index is 0.0320. The molecular weight excluding hydrogens is 244 g/mol. The summed E-state index contributed by atoms with van der Waals surface area (Å²) in [6.07, 6.45) is 4.45. The van der Waals surface area contributed by atoms with Crippen molar-refractivity contribution >= 4 is 29.1 Å². The third kappa shape index (κ3) is 2.93. The second-order valence-electron chi connectivity index (χ2n) is 4.78. The SMILES string of the molecule is O=C(CCCCl)C1CCOC2(CCSC2)C1. The Kier molecular flexibility index (Phi) is 4.57. The van der Waals surface area contributed by atoms with E-state index >= 15 is 0 Å². The molecule has 0 aliphatic carbocycles. The van der Waals surface area contributed by atoms with Crippen LogP contribution in [-0.2, 0) is 9.53 Å². The van der Waals surface area contributed by atoms with Crippen LogP contribution in [0.2, 0.25) is 0 Å². The maximum Gasteiger partial charge on any atom is 0.136 e. The van der Waals surface area contributed by atoms with E-state index in [9.17, 15) is 4.79 Å². The number of ketones is 1. The molecule has 0 aromatic carbocycles. The molecule has 2 unspecified atom stereocenters. The molecule has 0 amide bonds. The Balaban J connectivity index is 1.88. The van der Waals surface area contributed by atoms with Crippen LogP contribution < -0.4 is 0 Å². The standard InChI is InChI=1S/C12H19ClO2S/c13-5-1-2-11(14)10-3-6-15-12(8-10)4-7-16-9-12/h10H,1-9H2. The van der Waals surface area contributed by atoms with Gasteiger partial charge in [0.2, 0.25) is 0 Å². The van der Waals surface area contributed by atoms with Gasteiger partial charge in [0.15, 0.2) is 0 Å². The van der Waals surface area contributed by atoms with E-state index in [-0.39, 0.29) is 11.5 Å². The van der Waals surface area contributed by atoms with Crippen molar-refractivity contribution in [3.05, 3.63) is 0 Å². The predicted octanol–water partition coefficient (Wildman–Crippen LogP) is 2.88. The van der Waals surface area contributed by atoms with Gasteiger partial charge in [0.05, 0.1) is 5.60 Å². The summed E-state index contributed by atoms with van der Waals surface area (Å²) >= 11 is 7.58. The predicted molar refractivity (Wildman–Crippen MR) is 68.3 cm³/mol. The normalized spacial score (nSPS) is 34.4. The van der Waals surface area contributed by atoms with E-state index in [1.54, 1.807) is 0 Å². The largest absolute Gasteiger partial charge is 0.374 e. The highest BCUT2D eigenvalue weighted by atomic mass is 35.5. The fourth-order valence-corrected chi connectivity index (χ4v) is 4.12. The van der Waals surface area contributed by atoms with Crippen LogP contribution in [-0.4, -0.2) is 35.4 Å². The van der Waals surface area contributed by atoms with Crippen molar-refractivity contribution in [1.29, 1.82) is 0 Å². The molecule has 0 bridgehead atoms. The number of hydrogen-bond donors (Lipinski definition) is 0. The van der Waals surface area contributed by atoms with E-state index in [1.165, 1.54) is 5.75 Å². The fourth-order valence-electron chi connectivity index (χ4n) is 2.61. The molecule has 4 heteroatoms. The first-order valence-electron chi connectivity index (χ1n) is 6.06. The summed E-state index contributed by atoms with van der Waals surface area (Å²) in [6.45, 7) is 0.762. The average molecular weight is 263 g/mol. The number of ether oxygens (including phenoxy) is 1. The van der Waals surface area contributed by atoms with Gasteiger partial charge in [0.1, 0.15) is 5.78 Å². The van der Waals surface area contributed by atoms with Gasteiger partial charge in [-0.1, -0.05) is 0 Å². The van der Waals surface area contributed by atoms with Crippen molar-refractivity contribution in [1.82, 2.24) is 0 Å². The Bertz CT molecular complexity index is 251. The summed E-state index contributed by atoms with van der Waals surface area (Å²) in [7, 11) is 0. The molecule has 2 heterocycles. The lowest BCUT2D eigenvalue weighted by Crippen LogP contribution is -2.42. The molecular formula is C12H19ClO2S. The molecule has 1 spiro atoms. The van der Waals surface area contributed by atoms with Crippen LogP contribution >= 0.6 is 23.4 Å². The highest BCUT2D eigenvalue weighted by Crippen LogP contribution is 2.40. The van der Waals surface area contributed by atoms with Crippen LogP contribution in [0.1, 0.15) is 32.1 Å². The van der Waals surface area contributed by atoms with Crippen LogP contribution in [0.3, 0.4) is 0 Å². The molecule has 2 rings (SSSR count). The number of Topliss-reactive ketones (excluding diaryl/α,β-unsaturated/α-hetero) is 1. The van der Waals surface area contributed by atoms with Gasteiger partial charge in [0.25, 0.3) is 0 Å². The second kappa shape index (κ2) is 5.74. The van der Waals surface area contributed by atoms with Gasteiger partial charge in [-0.05, 0) is 31.4 Å². The van der Waals surface area contributed by atoms with Gasteiger partial charge in [-0.25, -0.2) is 0 Å². The smallest absolute Gasteiger partial charge is 0.136 e. The maximum absolute atomic E-state index is 12.0. The number of carbonyl (C=O) groups is 1. The van der Waals surface area contributed by atoms with Gasteiger partial charge in [-0.3, -0.25) is 4.79 Å². The summed E-state index contributed by atoms with van der Waals surface area (Å²) in [4.78, 5) is 12.0. The van der Waals surface area contributed by atoms with Crippen molar-refractivity contribution < 1.29 is 9.53 Å². The average Bonchev–Trinajstić information content (AvgIpc) is 2.74. The van der Waals surface area contributed by atoms with E-state index in [0.29, 0.717) is 18.1 Å². The number of thioether (sulfide) groups is 1. The zero-order valence-corrected chi connectivity index (χ0v) is 11.1. The van der Waals surface area contributed by atoms with Crippen molar-refractivity contribution in [2.75, 3.05) is 24.0 Å². The third-order valence-corrected chi connectivity index (χ3v) is 5.06. The van der Waals surface area contributed by atoms with E-state index in [4.69, 9.17) is 16.3 Å². The molecule has 2 atom stereocenters. The van der Waals surface area contributed by atoms with Crippen molar-refractivity contribution in [2.24, 2.45) is 5.92 Å². The Labute approximate surface area is 106 Å². The van der Waals surface area contributed by atoms with Crippen molar-refractivity contribution in [3.8, 4) is 0 Å². The molecule has 2 nitrogen and oxygen atoms in total. The van der Waals surface area contributed by atoms with Crippen LogP contribution in [0, 0.1) is 5.92 Å². The molecule has 92 valence electrons. The van der Waals surface area contributed by atoms with Crippen LogP contribution in [0.5, 0.6) is 0 Å². The van der Waals surface area contributed by atoms with Gasteiger partial charge in [0, 0.05) is 30.6 Å². The first-order chi connectivity index (χ1) is 7.76. The highest BCUT2D eigenvalue weighted by Gasteiger charge is 2.41. The summed E-state index contributed by atoms with van der Waals surface area (Å²) in [5, 5.41) is 0. The van der Waals surface area contributed by atoms with Gasteiger partial charge in [-0.2, -0.15) is 11.8 Å². The fraction of sp³-hybridized carbons (Fsp3) is 0.917. The van der Waals surface area contributed by atoms with E-state index < -0.39 is 0 Å². The lowest BCUT2D eigenvalue weighted by molar-refractivity contribution is -0.134. The van der Waals surface area contributed by atoms with Gasteiger partial charge < -0.3 is 4.74 Å². The van der Waals surface area contributed by atoms with E-state index in [0.717, 1.165) is 38.0 Å². The number of rotatable bonds is 4. The Morgan fingerprint density at radius 1 is 1.56 bits per heavy atom. The minimum Gasteiger partial charge on any atom is -0.374 e. The maximum atomic E-state index is 12.0. The van der Waals surface area contributed by atoms with Crippen LogP contribution in [0.25, 0.3) is 0 Å². The third-order valence-electron chi connectivity index (χ3n) is 3.57. The molecule has 0 aromatic heterocycles. The van der Waals surface area contributed by atoms with Crippen LogP contribution in [0.15, 0.2) is 0 Å². The topological polar surface area (TPSA) is 26.3 Å². The molecule has 0 N–H and O–H groups in total. The molecule has 0 aromatic rings. The summed E-state index contributed by atoms with van der Waals surface area (Å²) in [6, 6.07) is 0. The summed E-state index contributed by atoms with van der Waals surface area (Å²) in [5.74, 6) is 3.49. The lowest BCUT2D eigenvalue weighted by Gasteiger charge is -2.37. The molecule has 2 aliphatic rings. The van der Waals surface area contributed by atoms with Gasteiger partial charge in [-0.15, -0.1) is 11.6 Å². The minimum absolute atomic E-state index is 0.0320. The zero-order chi connectivity index (χ0) is 11.4. The molecule has 0 saturated carbocycles. The number of alkyl halides is 1. The second-order valence-corrected chi connectivity index (χ2v) is 6.27. The molecule has 0 radical (unpaired) electrons. The first-order valence-corrected chi connectivity index (χ1v) is 7.75. The Hall–Kier alpha value is 0.270. The summed E-state index contributed by atoms with van der Waals surface area (Å²) < 4.78 is 5.91. The molecule has 2 aliphatic heterocycles. The molecule has 2 saturated heterocycles. The Morgan fingerprint density at radius 3 is 3.12 bits per heavy atom. The molecule has 2 fully saturated rings. The van der Waals surface area contributed by atoms with Gasteiger partial charge >= 0.3 is 0 Å². The Morgan fingerprint density at radius 2 is 2.44 bits per heavy atom. The zero-order valence-electron chi connectivity index (χ0n) is 9.54. The van der Waals surface area contributed by atoms with Crippen LogP contribution in [0.4, 0.5) is 0 Å². The monoisotopic (exact) mass is 262 g/mol.